The quantitative estimate of drug-likeness (QED) is 0.685. The Kier molecular flexibility index (Phi) is 14.2. The minimum absolute atomic E-state index is 0.467. The second kappa shape index (κ2) is 15.8. The highest BCUT2D eigenvalue weighted by molar-refractivity contribution is 5.57. The van der Waals surface area contributed by atoms with Crippen LogP contribution in [0.5, 0.6) is 5.75 Å². The van der Waals surface area contributed by atoms with Crippen molar-refractivity contribution in [2.24, 2.45) is 0 Å². The first-order valence-corrected chi connectivity index (χ1v) is 9.88. The summed E-state index contributed by atoms with van der Waals surface area (Å²) >= 11 is 0. The maximum absolute atomic E-state index is 8.00. The fraction of sp³-hybridized carbons (Fsp3) is 0.391. The van der Waals surface area contributed by atoms with Gasteiger partial charge < -0.3 is 24.0 Å². The van der Waals surface area contributed by atoms with Crippen LogP contribution < -0.4 is 9.64 Å². The number of benzene rings is 1. The van der Waals surface area contributed by atoms with Crippen LogP contribution in [-0.2, 0) is 20.7 Å². The van der Waals surface area contributed by atoms with Crippen molar-refractivity contribution in [1.82, 2.24) is 9.97 Å². The second-order valence-corrected chi connectivity index (χ2v) is 5.78. The summed E-state index contributed by atoms with van der Waals surface area (Å²) in [4.78, 5) is 27.5. The van der Waals surface area contributed by atoms with Crippen molar-refractivity contribution in [3.8, 4) is 5.75 Å². The van der Waals surface area contributed by atoms with E-state index in [2.05, 4.69) is 28.4 Å². The molecule has 0 aliphatic carbocycles. The standard InChI is InChI=1S/C19H23N3O2.C2H6.2CH2O/c1-4-16-13-18(22-9-11-23-12-10-22)21-19(20-16)15(3)24-17-8-6-5-7-14(17)2;3*1-2/h5-8,13H,3-4,9-12H2,1-2H3;1-2H3;2*1H2. The molecule has 7 nitrogen and oxygen atoms in total. The molecule has 1 aliphatic rings. The third kappa shape index (κ3) is 8.13. The first-order chi connectivity index (χ1) is 14.7. The summed E-state index contributed by atoms with van der Waals surface area (Å²) < 4.78 is 11.3. The van der Waals surface area contributed by atoms with Crippen LogP contribution in [0.15, 0.2) is 36.9 Å². The number of aromatic nitrogens is 2. The summed E-state index contributed by atoms with van der Waals surface area (Å²) in [7, 11) is 0. The van der Waals surface area contributed by atoms with Crippen LogP contribution in [0.3, 0.4) is 0 Å². The predicted molar refractivity (Wildman–Crippen MR) is 121 cm³/mol. The lowest BCUT2D eigenvalue weighted by Gasteiger charge is -2.28. The number of para-hydroxylation sites is 1. The van der Waals surface area contributed by atoms with Gasteiger partial charge in [-0.3, -0.25) is 0 Å². The van der Waals surface area contributed by atoms with Gasteiger partial charge >= 0.3 is 0 Å². The van der Waals surface area contributed by atoms with Crippen LogP contribution in [0.1, 0.15) is 37.9 Å². The molecular weight excluding hydrogens is 382 g/mol. The van der Waals surface area contributed by atoms with Crippen molar-refractivity contribution in [2.45, 2.75) is 34.1 Å². The molecule has 2 aromatic rings. The average molecular weight is 416 g/mol. The Labute approximate surface area is 179 Å². The van der Waals surface area contributed by atoms with Gasteiger partial charge in [0.2, 0.25) is 0 Å². The van der Waals surface area contributed by atoms with Crippen LogP contribution >= 0.6 is 0 Å². The first-order valence-electron chi connectivity index (χ1n) is 9.88. The molecule has 7 heteroatoms. The van der Waals surface area contributed by atoms with E-state index in [9.17, 15) is 0 Å². The van der Waals surface area contributed by atoms with Gasteiger partial charge in [0, 0.05) is 24.8 Å². The summed E-state index contributed by atoms with van der Waals surface area (Å²) in [6.07, 6.45) is 0.838. The molecule has 1 saturated heterocycles. The lowest BCUT2D eigenvalue weighted by molar-refractivity contribution is -0.0987. The number of carbonyl (C=O) groups is 2. The van der Waals surface area contributed by atoms with Crippen molar-refractivity contribution in [2.75, 3.05) is 31.2 Å². The van der Waals surface area contributed by atoms with Gasteiger partial charge in [-0.25, -0.2) is 9.97 Å². The lowest BCUT2D eigenvalue weighted by atomic mass is 10.2. The molecule has 30 heavy (non-hydrogen) atoms. The molecule has 0 bridgehead atoms. The number of morpholine rings is 1. The normalized spacial score (nSPS) is 12.1. The van der Waals surface area contributed by atoms with E-state index in [1.165, 1.54) is 0 Å². The van der Waals surface area contributed by atoms with Crippen LogP contribution in [0, 0.1) is 6.92 Å². The van der Waals surface area contributed by atoms with Gasteiger partial charge in [-0.1, -0.05) is 45.5 Å². The van der Waals surface area contributed by atoms with Gasteiger partial charge in [0.1, 0.15) is 25.1 Å². The highest BCUT2D eigenvalue weighted by Crippen LogP contribution is 2.23. The molecular formula is C23H33N3O4. The minimum Gasteiger partial charge on any atom is -0.454 e. The summed E-state index contributed by atoms with van der Waals surface area (Å²) in [5, 5.41) is 0. The molecule has 0 N–H and O–H groups in total. The highest BCUT2D eigenvalue weighted by atomic mass is 16.5. The van der Waals surface area contributed by atoms with E-state index in [0.29, 0.717) is 11.6 Å². The molecule has 0 unspecified atom stereocenters. The zero-order chi connectivity index (χ0) is 22.9. The molecule has 0 amide bonds. The molecule has 1 aromatic heterocycles. The summed E-state index contributed by atoms with van der Waals surface area (Å²) in [6, 6.07) is 9.89. The predicted octanol–water partition coefficient (Wildman–Crippen LogP) is 3.89. The Bertz CT molecular complexity index is 760. The van der Waals surface area contributed by atoms with E-state index in [1.54, 1.807) is 0 Å². The van der Waals surface area contributed by atoms with Crippen LogP contribution in [0.4, 0.5) is 5.82 Å². The smallest absolute Gasteiger partial charge is 0.197 e. The Morgan fingerprint density at radius 3 is 2.27 bits per heavy atom. The third-order valence-electron chi connectivity index (χ3n) is 4.04. The number of hydrogen-bond donors (Lipinski definition) is 0. The highest BCUT2D eigenvalue weighted by Gasteiger charge is 2.16. The molecule has 0 spiro atoms. The Morgan fingerprint density at radius 2 is 1.70 bits per heavy atom. The number of nitrogens with zero attached hydrogens (tertiary/aromatic N) is 3. The fourth-order valence-electron chi connectivity index (χ4n) is 2.59. The van der Waals surface area contributed by atoms with Crippen molar-refractivity contribution in [1.29, 1.82) is 0 Å². The van der Waals surface area contributed by atoms with Gasteiger partial charge in [-0.15, -0.1) is 0 Å². The molecule has 0 atom stereocenters. The van der Waals surface area contributed by atoms with Crippen molar-refractivity contribution < 1.29 is 19.1 Å². The molecule has 3 rings (SSSR count). The maximum Gasteiger partial charge on any atom is 0.197 e. The van der Waals surface area contributed by atoms with Crippen LogP contribution in [-0.4, -0.2) is 49.8 Å². The number of rotatable bonds is 5. The number of carbonyl (C=O) groups excluding carboxylic acids is 2. The first kappa shape index (κ1) is 26.9. The zero-order valence-electron chi connectivity index (χ0n) is 18.5. The average Bonchev–Trinajstić information content (AvgIpc) is 2.84. The number of hydrogen-bond acceptors (Lipinski definition) is 7. The van der Waals surface area contributed by atoms with E-state index in [0.717, 1.165) is 55.5 Å². The van der Waals surface area contributed by atoms with Gasteiger partial charge in [0.05, 0.1) is 13.2 Å². The van der Waals surface area contributed by atoms with Crippen molar-refractivity contribution in [3.05, 3.63) is 54.0 Å². The largest absolute Gasteiger partial charge is 0.454 e. The minimum atomic E-state index is 0.467. The lowest BCUT2D eigenvalue weighted by Crippen LogP contribution is -2.37. The molecule has 164 valence electrons. The molecule has 2 heterocycles. The fourth-order valence-corrected chi connectivity index (χ4v) is 2.59. The van der Waals surface area contributed by atoms with E-state index in [1.807, 2.05) is 64.7 Å². The zero-order valence-corrected chi connectivity index (χ0v) is 18.5. The van der Waals surface area contributed by atoms with Crippen molar-refractivity contribution in [3.63, 3.8) is 0 Å². The Morgan fingerprint density at radius 1 is 1.10 bits per heavy atom. The number of aryl methyl sites for hydroxylation is 2. The molecule has 0 radical (unpaired) electrons. The van der Waals surface area contributed by atoms with Crippen LogP contribution in [0.25, 0.3) is 5.76 Å². The van der Waals surface area contributed by atoms with Gasteiger partial charge in [-0.05, 0) is 25.0 Å². The second-order valence-electron chi connectivity index (χ2n) is 5.78. The SMILES string of the molecule is C=C(Oc1ccccc1C)c1nc(CC)cc(N2CCOCC2)n1.C=O.C=O.CC. The third-order valence-corrected chi connectivity index (χ3v) is 4.04. The number of ether oxygens (including phenoxy) is 2. The Balaban J connectivity index is 0.00000129. The topological polar surface area (TPSA) is 81.6 Å². The van der Waals surface area contributed by atoms with Gasteiger partial charge in [0.25, 0.3) is 0 Å². The van der Waals surface area contributed by atoms with Crippen molar-refractivity contribution >= 4 is 25.2 Å². The van der Waals surface area contributed by atoms with Gasteiger partial charge in [0.15, 0.2) is 11.6 Å². The summed E-state index contributed by atoms with van der Waals surface area (Å²) in [5.41, 5.74) is 2.04. The van der Waals surface area contributed by atoms with E-state index >= 15 is 0 Å². The van der Waals surface area contributed by atoms with Crippen LogP contribution in [0.2, 0.25) is 0 Å². The van der Waals surface area contributed by atoms with Gasteiger partial charge in [-0.2, -0.15) is 0 Å². The molecule has 1 aliphatic heterocycles. The summed E-state index contributed by atoms with van der Waals surface area (Å²) in [5.74, 6) is 2.70. The summed E-state index contributed by atoms with van der Waals surface area (Å²) in [6.45, 7) is 19.2. The molecule has 1 aromatic carbocycles. The Hall–Kier alpha value is -3.06. The monoisotopic (exact) mass is 415 g/mol. The molecule has 1 fully saturated rings. The van der Waals surface area contributed by atoms with E-state index in [4.69, 9.17) is 19.1 Å². The number of anilines is 1. The van der Waals surface area contributed by atoms with E-state index < -0.39 is 0 Å². The van der Waals surface area contributed by atoms with E-state index in [-0.39, 0.29) is 0 Å². The maximum atomic E-state index is 8.00. The molecule has 0 saturated carbocycles.